The number of rotatable bonds is 6. The number of hydrogen-bond acceptors (Lipinski definition) is 4. The van der Waals surface area contributed by atoms with Crippen molar-refractivity contribution in [3.63, 3.8) is 0 Å². The highest BCUT2D eigenvalue weighted by atomic mass is 79.9. The van der Waals surface area contributed by atoms with E-state index >= 15 is 0 Å². The number of Topliss-reactive ketones (excluding diaryl/α,β-unsaturated/α-hetero) is 1. The van der Waals surface area contributed by atoms with Gasteiger partial charge in [0.1, 0.15) is 16.0 Å². The fraction of sp³-hybridized carbons (Fsp3) is 0.429. The molecule has 0 aromatic heterocycles. The van der Waals surface area contributed by atoms with E-state index in [-0.39, 0.29) is 12.2 Å². The largest absolute Gasteiger partial charge is 0.495 e. The fourth-order valence-corrected chi connectivity index (χ4v) is 2.36. The number of carbonyl (C=O) groups is 2. The van der Waals surface area contributed by atoms with E-state index in [1.54, 1.807) is 12.1 Å². The molecule has 0 atom stereocenters. The summed E-state index contributed by atoms with van der Waals surface area (Å²) in [5.41, 5.74) is -0.802. The van der Waals surface area contributed by atoms with Gasteiger partial charge in [-0.2, -0.15) is 0 Å². The van der Waals surface area contributed by atoms with Crippen molar-refractivity contribution in [1.29, 1.82) is 0 Å². The monoisotopic (exact) mass is 344 g/mol. The molecule has 0 aliphatic carbocycles. The summed E-state index contributed by atoms with van der Waals surface area (Å²) in [6.07, 6.45) is -0.114. The van der Waals surface area contributed by atoms with Crippen LogP contribution in [-0.4, -0.2) is 31.1 Å². The zero-order valence-corrected chi connectivity index (χ0v) is 13.4. The average molecular weight is 345 g/mol. The van der Waals surface area contributed by atoms with Crippen molar-refractivity contribution in [3.05, 3.63) is 22.2 Å². The lowest BCUT2D eigenvalue weighted by molar-refractivity contribution is -0.146. The van der Waals surface area contributed by atoms with Gasteiger partial charge < -0.3 is 14.6 Å². The Balaban J connectivity index is 3.17. The van der Waals surface area contributed by atoms with Crippen molar-refractivity contribution in [1.82, 2.24) is 0 Å². The van der Waals surface area contributed by atoms with Crippen molar-refractivity contribution in [2.75, 3.05) is 14.2 Å². The van der Waals surface area contributed by atoms with E-state index in [1.165, 1.54) is 28.1 Å². The van der Waals surface area contributed by atoms with Crippen LogP contribution in [0.2, 0.25) is 0 Å². The molecule has 0 heterocycles. The Bertz CT molecular complexity index is 537. The molecule has 0 saturated carbocycles. The normalized spacial score (nSPS) is 11.1. The summed E-state index contributed by atoms with van der Waals surface area (Å²) in [4.78, 5) is 23.4. The summed E-state index contributed by atoms with van der Waals surface area (Å²) in [5, 5.41) is 9.09. The first-order valence-corrected chi connectivity index (χ1v) is 6.71. The van der Waals surface area contributed by atoms with Gasteiger partial charge in [0, 0.05) is 6.42 Å². The van der Waals surface area contributed by atoms with E-state index in [1.807, 2.05) is 0 Å². The van der Waals surface area contributed by atoms with Gasteiger partial charge in [0.15, 0.2) is 5.78 Å². The predicted octanol–water partition coefficient (Wildman–Crippen LogP) is 3.15. The standard InChI is InChI=1S/C14H17BrO5/c1-14(2,13(17)18)7-9(16)8-5-6-10(19-3)11(15)12(8)20-4/h5-6H,7H2,1-4H3,(H,17,18). The first-order chi connectivity index (χ1) is 9.24. The Morgan fingerprint density at radius 3 is 2.30 bits per heavy atom. The van der Waals surface area contributed by atoms with Crippen molar-refractivity contribution in [2.24, 2.45) is 5.41 Å². The predicted molar refractivity (Wildman–Crippen MR) is 77.6 cm³/mol. The van der Waals surface area contributed by atoms with E-state index in [0.29, 0.717) is 21.5 Å². The van der Waals surface area contributed by atoms with Crippen LogP contribution < -0.4 is 9.47 Å². The average Bonchev–Trinajstić information content (AvgIpc) is 2.37. The first kappa shape index (κ1) is 16.5. The lowest BCUT2D eigenvalue weighted by Gasteiger charge is -2.19. The third-order valence-electron chi connectivity index (χ3n) is 2.97. The van der Waals surface area contributed by atoms with Gasteiger partial charge in [-0.1, -0.05) is 0 Å². The maximum absolute atomic E-state index is 12.3. The van der Waals surface area contributed by atoms with Crippen LogP contribution in [0.3, 0.4) is 0 Å². The minimum atomic E-state index is -1.13. The Hall–Kier alpha value is -1.56. The van der Waals surface area contributed by atoms with Gasteiger partial charge in [0.05, 0.1) is 25.2 Å². The van der Waals surface area contributed by atoms with Gasteiger partial charge in [-0.15, -0.1) is 0 Å². The SMILES string of the molecule is COc1ccc(C(=O)CC(C)(C)C(=O)O)c(OC)c1Br. The number of ether oxygens (including phenoxy) is 2. The van der Waals surface area contributed by atoms with Crippen LogP contribution in [0.4, 0.5) is 0 Å². The van der Waals surface area contributed by atoms with E-state index in [0.717, 1.165) is 0 Å². The van der Waals surface area contributed by atoms with Crippen molar-refractivity contribution in [3.8, 4) is 11.5 Å². The van der Waals surface area contributed by atoms with Crippen LogP contribution in [0.15, 0.2) is 16.6 Å². The highest BCUT2D eigenvalue weighted by Crippen LogP contribution is 2.38. The molecule has 110 valence electrons. The fourth-order valence-electron chi connectivity index (χ4n) is 1.69. The summed E-state index contributed by atoms with van der Waals surface area (Å²) >= 11 is 3.31. The minimum absolute atomic E-state index is 0.114. The lowest BCUT2D eigenvalue weighted by atomic mass is 9.85. The highest BCUT2D eigenvalue weighted by molar-refractivity contribution is 9.10. The number of halogens is 1. The molecule has 1 rings (SSSR count). The molecule has 20 heavy (non-hydrogen) atoms. The smallest absolute Gasteiger partial charge is 0.309 e. The zero-order valence-electron chi connectivity index (χ0n) is 11.8. The molecule has 0 unspecified atom stereocenters. The highest BCUT2D eigenvalue weighted by Gasteiger charge is 2.32. The Morgan fingerprint density at radius 2 is 1.85 bits per heavy atom. The lowest BCUT2D eigenvalue weighted by Crippen LogP contribution is -2.27. The minimum Gasteiger partial charge on any atom is -0.495 e. The number of carbonyl (C=O) groups excluding carboxylic acids is 1. The number of ketones is 1. The van der Waals surface area contributed by atoms with Crippen LogP contribution in [0.1, 0.15) is 30.6 Å². The molecule has 0 saturated heterocycles. The number of benzene rings is 1. The topological polar surface area (TPSA) is 72.8 Å². The van der Waals surface area contributed by atoms with Crippen LogP contribution in [0.5, 0.6) is 11.5 Å². The molecule has 1 aromatic carbocycles. The second-order valence-electron chi connectivity index (χ2n) is 4.95. The Kier molecular flexibility index (Phi) is 5.16. The second kappa shape index (κ2) is 6.26. The van der Waals surface area contributed by atoms with Gasteiger partial charge in [0.25, 0.3) is 0 Å². The van der Waals surface area contributed by atoms with Crippen molar-refractivity contribution in [2.45, 2.75) is 20.3 Å². The van der Waals surface area contributed by atoms with E-state index < -0.39 is 11.4 Å². The zero-order chi connectivity index (χ0) is 15.5. The van der Waals surface area contributed by atoms with Crippen LogP contribution in [0, 0.1) is 5.41 Å². The maximum atomic E-state index is 12.3. The number of methoxy groups -OCH3 is 2. The molecule has 6 heteroatoms. The van der Waals surface area contributed by atoms with Gasteiger partial charge in [0.2, 0.25) is 0 Å². The molecule has 0 radical (unpaired) electrons. The summed E-state index contributed by atoms with van der Waals surface area (Å²) in [7, 11) is 2.95. The Labute approximate surface area is 126 Å². The van der Waals surface area contributed by atoms with E-state index in [4.69, 9.17) is 14.6 Å². The number of carboxylic acids is 1. The molecule has 0 amide bonds. The van der Waals surface area contributed by atoms with Crippen LogP contribution >= 0.6 is 15.9 Å². The number of carboxylic acid groups (broad SMARTS) is 1. The van der Waals surface area contributed by atoms with E-state index in [9.17, 15) is 9.59 Å². The first-order valence-electron chi connectivity index (χ1n) is 5.91. The number of hydrogen-bond donors (Lipinski definition) is 1. The van der Waals surface area contributed by atoms with Gasteiger partial charge in [-0.3, -0.25) is 9.59 Å². The maximum Gasteiger partial charge on any atom is 0.309 e. The molecule has 1 aromatic rings. The molecule has 0 spiro atoms. The Morgan fingerprint density at radius 1 is 1.25 bits per heavy atom. The number of aliphatic carboxylic acids is 1. The molecule has 5 nitrogen and oxygen atoms in total. The molecular formula is C14H17BrO5. The summed E-state index contributed by atoms with van der Waals surface area (Å²) in [6.45, 7) is 3.02. The second-order valence-corrected chi connectivity index (χ2v) is 5.74. The summed E-state index contributed by atoms with van der Waals surface area (Å²) in [5.74, 6) is -0.429. The van der Waals surface area contributed by atoms with Crippen molar-refractivity contribution >= 4 is 27.7 Å². The summed E-state index contributed by atoms with van der Waals surface area (Å²) < 4.78 is 10.9. The molecule has 0 bridgehead atoms. The van der Waals surface area contributed by atoms with E-state index in [2.05, 4.69) is 15.9 Å². The molecular weight excluding hydrogens is 328 g/mol. The molecule has 1 N–H and O–H groups in total. The molecule has 0 aliphatic rings. The molecule has 0 aliphatic heterocycles. The van der Waals surface area contributed by atoms with Crippen molar-refractivity contribution < 1.29 is 24.2 Å². The molecule has 0 fully saturated rings. The van der Waals surface area contributed by atoms with Gasteiger partial charge in [-0.25, -0.2) is 0 Å². The summed E-state index contributed by atoms with van der Waals surface area (Å²) in [6, 6.07) is 3.20. The van der Waals surface area contributed by atoms with Crippen LogP contribution in [-0.2, 0) is 4.79 Å². The third-order valence-corrected chi connectivity index (χ3v) is 3.72. The quantitative estimate of drug-likeness (QED) is 0.802. The van der Waals surface area contributed by atoms with Gasteiger partial charge >= 0.3 is 5.97 Å². The van der Waals surface area contributed by atoms with Crippen LogP contribution in [0.25, 0.3) is 0 Å². The third kappa shape index (κ3) is 3.30. The van der Waals surface area contributed by atoms with Gasteiger partial charge in [-0.05, 0) is 41.9 Å².